The number of nitrogens with one attached hydrogen (secondary N) is 2. The fraction of sp³-hybridized carbons (Fsp3) is 0.227. The minimum atomic E-state index is -0.821. The number of carbonyl (C=O) groups excluding carboxylic acids is 3. The first kappa shape index (κ1) is 20.9. The largest absolute Gasteiger partial charge is 0.326 e. The van der Waals surface area contributed by atoms with E-state index in [4.69, 9.17) is 11.6 Å². The number of likely N-dealkylation sites (N-methyl/N-ethyl adjacent to an activating group) is 1. The van der Waals surface area contributed by atoms with Gasteiger partial charge < -0.3 is 15.5 Å². The lowest BCUT2D eigenvalue weighted by atomic mass is 9.95. The van der Waals surface area contributed by atoms with Crippen molar-refractivity contribution >= 4 is 35.1 Å². The van der Waals surface area contributed by atoms with Crippen LogP contribution in [-0.2, 0) is 9.59 Å². The molecule has 2 aromatic carbocycles. The third-order valence-corrected chi connectivity index (χ3v) is 5.91. The van der Waals surface area contributed by atoms with Crippen LogP contribution in [0.3, 0.4) is 0 Å². The minimum Gasteiger partial charge on any atom is -0.326 e. The minimum absolute atomic E-state index is 0.108. The summed E-state index contributed by atoms with van der Waals surface area (Å²) in [6, 6.07) is 10.5. The highest BCUT2D eigenvalue weighted by molar-refractivity contribution is 6.31. The Hall–Kier alpha value is -3.39. The Morgan fingerprint density at radius 3 is 2.55 bits per heavy atom. The molecule has 0 saturated heterocycles. The average Bonchev–Trinajstić information content (AvgIpc) is 3.10. The summed E-state index contributed by atoms with van der Waals surface area (Å²) in [6.07, 6.45) is 0. The van der Waals surface area contributed by atoms with Crippen molar-refractivity contribution in [3.05, 3.63) is 76.2 Å². The molecule has 2 atom stereocenters. The molecular formula is C22H20ClFN4O3. The summed E-state index contributed by atoms with van der Waals surface area (Å²) in [5.41, 5.74) is 1.94. The number of urea groups is 1. The van der Waals surface area contributed by atoms with Gasteiger partial charge >= 0.3 is 6.03 Å². The van der Waals surface area contributed by atoms with Crippen molar-refractivity contribution in [3.63, 3.8) is 0 Å². The Bertz CT molecular complexity index is 1100. The number of anilines is 1. The standard InChI is InChI=1S/C22H20ClFN4O3/c1-12(20(29)25-14-9-7-13(24)8-10-14)28-11-17-18(21(28)30)19(26-22(31)27(17)2)15-5-3-4-6-16(15)23/h3-10,12,19H,11H2,1-2H3,(H,25,29)(H,26,31)/t12-,19-/m0/s1. The Balaban J connectivity index is 1.60. The average molecular weight is 443 g/mol. The smallest absolute Gasteiger partial charge is 0.322 e. The number of halogens is 2. The molecule has 0 spiro atoms. The first-order valence-corrected chi connectivity index (χ1v) is 10.0. The van der Waals surface area contributed by atoms with Gasteiger partial charge in [-0.1, -0.05) is 29.8 Å². The van der Waals surface area contributed by atoms with Crippen LogP contribution in [0.4, 0.5) is 14.9 Å². The second-order valence-electron chi connectivity index (χ2n) is 7.43. The quantitative estimate of drug-likeness (QED) is 0.762. The number of nitrogens with zero attached hydrogens (tertiary/aromatic N) is 2. The van der Waals surface area contributed by atoms with E-state index in [-0.39, 0.29) is 18.5 Å². The van der Waals surface area contributed by atoms with Crippen LogP contribution < -0.4 is 10.6 Å². The van der Waals surface area contributed by atoms with Crippen molar-refractivity contribution in [1.82, 2.24) is 15.1 Å². The zero-order chi connectivity index (χ0) is 22.3. The van der Waals surface area contributed by atoms with Gasteiger partial charge in [-0.05, 0) is 42.8 Å². The number of rotatable bonds is 4. The lowest BCUT2D eigenvalue weighted by molar-refractivity contribution is -0.133. The number of hydrogen-bond acceptors (Lipinski definition) is 3. The summed E-state index contributed by atoms with van der Waals surface area (Å²) in [5.74, 6) is -1.19. The summed E-state index contributed by atoms with van der Waals surface area (Å²) in [5, 5.41) is 5.93. The van der Waals surface area contributed by atoms with Gasteiger partial charge in [0.05, 0.1) is 23.9 Å². The van der Waals surface area contributed by atoms with E-state index in [9.17, 15) is 18.8 Å². The molecule has 7 nitrogen and oxygen atoms in total. The maximum Gasteiger partial charge on any atom is 0.322 e. The predicted octanol–water partition coefficient (Wildman–Crippen LogP) is 3.30. The first-order chi connectivity index (χ1) is 14.8. The molecule has 2 N–H and O–H groups in total. The van der Waals surface area contributed by atoms with Crippen LogP contribution in [0.1, 0.15) is 18.5 Å². The van der Waals surface area contributed by atoms with Crippen molar-refractivity contribution in [1.29, 1.82) is 0 Å². The number of benzene rings is 2. The molecule has 2 aliphatic heterocycles. The summed E-state index contributed by atoms with van der Waals surface area (Å²) in [7, 11) is 1.58. The van der Waals surface area contributed by atoms with Crippen LogP contribution in [0.5, 0.6) is 0 Å². The van der Waals surface area contributed by atoms with Gasteiger partial charge in [-0.15, -0.1) is 0 Å². The van der Waals surface area contributed by atoms with Crippen molar-refractivity contribution in [2.24, 2.45) is 0 Å². The maximum absolute atomic E-state index is 13.3. The van der Waals surface area contributed by atoms with Crippen molar-refractivity contribution < 1.29 is 18.8 Å². The van der Waals surface area contributed by atoms with Crippen LogP contribution in [-0.4, -0.2) is 47.3 Å². The third-order valence-electron chi connectivity index (χ3n) is 5.56. The van der Waals surface area contributed by atoms with Crippen molar-refractivity contribution in [2.45, 2.75) is 19.0 Å². The van der Waals surface area contributed by atoms with Gasteiger partial charge in [-0.2, -0.15) is 0 Å². The zero-order valence-corrected chi connectivity index (χ0v) is 17.6. The van der Waals surface area contributed by atoms with E-state index >= 15 is 0 Å². The van der Waals surface area contributed by atoms with Crippen LogP contribution in [0.15, 0.2) is 59.8 Å². The Kier molecular flexibility index (Phi) is 5.41. The molecule has 4 amide bonds. The van der Waals surface area contributed by atoms with E-state index < -0.39 is 23.8 Å². The molecule has 160 valence electrons. The third kappa shape index (κ3) is 3.74. The normalized spacial score (nSPS) is 19.3. The molecule has 0 aliphatic carbocycles. The van der Waals surface area contributed by atoms with Crippen LogP contribution in [0.25, 0.3) is 0 Å². The van der Waals surface area contributed by atoms with E-state index in [1.807, 2.05) is 0 Å². The Morgan fingerprint density at radius 1 is 1.19 bits per heavy atom. The fourth-order valence-corrected chi connectivity index (χ4v) is 4.01. The van der Waals surface area contributed by atoms with Gasteiger partial charge in [0.25, 0.3) is 5.91 Å². The monoisotopic (exact) mass is 442 g/mol. The van der Waals surface area contributed by atoms with E-state index in [0.717, 1.165) is 0 Å². The van der Waals surface area contributed by atoms with E-state index in [2.05, 4.69) is 10.6 Å². The zero-order valence-electron chi connectivity index (χ0n) is 16.9. The van der Waals surface area contributed by atoms with Crippen molar-refractivity contribution in [3.8, 4) is 0 Å². The summed E-state index contributed by atoms with van der Waals surface area (Å²) in [6.45, 7) is 1.71. The van der Waals surface area contributed by atoms with E-state index in [1.165, 1.54) is 34.1 Å². The molecule has 2 aromatic rings. The lowest BCUT2D eigenvalue weighted by Crippen LogP contribution is -2.45. The molecule has 0 radical (unpaired) electrons. The second kappa shape index (κ2) is 8.03. The van der Waals surface area contributed by atoms with Gasteiger partial charge in [0.15, 0.2) is 0 Å². The Labute approximate surface area is 183 Å². The highest BCUT2D eigenvalue weighted by Gasteiger charge is 2.45. The van der Waals surface area contributed by atoms with E-state index in [0.29, 0.717) is 27.5 Å². The molecule has 0 saturated carbocycles. The highest BCUT2D eigenvalue weighted by atomic mass is 35.5. The fourth-order valence-electron chi connectivity index (χ4n) is 3.77. The second-order valence-corrected chi connectivity index (χ2v) is 7.84. The van der Waals surface area contributed by atoms with Gasteiger partial charge in [0.1, 0.15) is 11.9 Å². The van der Waals surface area contributed by atoms with Gasteiger partial charge in [-0.25, -0.2) is 9.18 Å². The number of hydrogen-bond donors (Lipinski definition) is 2. The van der Waals surface area contributed by atoms with Gasteiger partial charge in [0.2, 0.25) is 5.91 Å². The molecule has 0 fully saturated rings. The molecule has 0 aromatic heterocycles. The summed E-state index contributed by atoms with van der Waals surface area (Å²) in [4.78, 5) is 41.4. The topological polar surface area (TPSA) is 81.8 Å². The summed E-state index contributed by atoms with van der Waals surface area (Å²) < 4.78 is 13.1. The van der Waals surface area contributed by atoms with Crippen LogP contribution >= 0.6 is 11.6 Å². The molecule has 0 unspecified atom stereocenters. The number of carbonyl (C=O) groups is 3. The number of amides is 4. The van der Waals surface area contributed by atoms with Crippen LogP contribution in [0.2, 0.25) is 5.02 Å². The lowest BCUT2D eigenvalue weighted by Gasteiger charge is -2.31. The molecule has 2 aliphatic rings. The van der Waals surface area contributed by atoms with Gasteiger partial charge in [-0.3, -0.25) is 14.5 Å². The predicted molar refractivity (Wildman–Crippen MR) is 114 cm³/mol. The molecule has 2 heterocycles. The van der Waals surface area contributed by atoms with Crippen molar-refractivity contribution in [2.75, 3.05) is 18.9 Å². The molecule has 0 bridgehead atoms. The van der Waals surface area contributed by atoms with Crippen LogP contribution in [0, 0.1) is 5.82 Å². The SMILES string of the molecule is C[C@@H](C(=O)Nc1ccc(F)cc1)N1CC2=C(C1=O)[C@H](c1ccccc1Cl)NC(=O)N2C. The molecule has 9 heteroatoms. The molecular weight excluding hydrogens is 423 g/mol. The maximum atomic E-state index is 13.3. The first-order valence-electron chi connectivity index (χ1n) is 9.67. The molecule has 4 rings (SSSR count). The van der Waals surface area contributed by atoms with Gasteiger partial charge in [0, 0.05) is 17.8 Å². The van der Waals surface area contributed by atoms with E-state index in [1.54, 1.807) is 38.2 Å². The highest BCUT2D eigenvalue weighted by Crippen LogP contribution is 2.38. The Morgan fingerprint density at radius 2 is 1.87 bits per heavy atom. The molecule has 31 heavy (non-hydrogen) atoms. The summed E-state index contributed by atoms with van der Waals surface area (Å²) >= 11 is 6.33.